The van der Waals surface area contributed by atoms with Gasteiger partial charge in [0.25, 0.3) is 0 Å². The molecule has 0 aromatic carbocycles. The number of Topliss-reactive ketones (excluding diaryl/α,β-unsaturated/α-hetero) is 5. The number of ether oxygens (including phenoxy) is 1. The third-order valence-corrected chi connectivity index (χ3v) is 23.8. The molecular weight excluding hydrogens is 897 g/mol. The second-order valence-electron chi connectivity index (χ2n) is 28.0. The van der Waals surface area contributed by atoms with Crippen LogP contribution in [0.25, 0.3) is 0 Å². The number of esters is 1. The number of aliphatic hydroxyl groups is 4. The average Bonchev–Trinajstić information content (AvgIpc) is 3.63. The summed E-state index contributed by atoms with van der Waals surface area (Å²) in [4.78, 5) is 83.0. The van der Waals surface area contributed by atoms with Crippen LogP contribution in [-0.2, 0) is 33.5 Å². The van der Waals surface area contributed by atoms with Gasteiger partial charge < -0.3 is 25.2 Å². The number of aliphatic hydroxyl groups excluding tert-OH is 3. The third-order valence-electron chi connectivity index (χ3n) is 23.8. The Morgan fingerprint density at radius 3 is 1.83 bits per heavy atom. The minimum absolute atomic E-state index is 0.0653. The highest BCUT2D eigenvalue weighted by Crippen LogP contribution is 2.74. The summed E-state index contributed by atoms with van der Waals surface area (Å²) < 4.78 is 6.06. The maximum absolute atomic E-state index is 14.5. The number of ketones is 5. The summed E-state index contributed by atoms with van der Waals surface area (Å²) >= 11 is 0. The van der Waals surface area contributed by atoms with E-state index >= 15 is 0 Å². The molecule has 0 radical (unpaired) electrons. The molecule has 0 aromatic rings. The highest BCUT2D eigenvalue weighted by atomic mass is 16.6. The van der Waals surface area contributed by atoms with Gasteiger partial charge in [0.15, 0.2) is 11.6 Å². The van der Waals surface area contributed by atoms with Crippen molar-refractivity contribution in [2.24, 2.45) is 84.7 Å². The first-order valence-electron chi connectivity index (χ1n) is 27.7. The zero-order valence-corrected chi connectivity index (χ0v) is 45.9. The first kappa shape index (κ1) is 54.4. The third kappa shape index (κ3) is 7.64. The quantitative estimate of drug-likeness (QED) is 0.101. The van der Waals surface area contributed by atoms with Gasteiger partial charge in [0.05, 0.1) is 24.7 Å². The molecule has 0 spiro atoms. The molecule has 0 bridgehead atoms. The molecule has 11 heteroatoms. The van der Waals surface area contributed by atoms with Crippen molar-refractivity contribution in [3.8, 4) is 0 Å². The summed E-state index contributed by atoms with van der Waals surface area (Å²) in [6, 6.07) is 0. The van der Waals surface area contributed by atoms with E-state index < -0.39 is 69.5 Å². The fourth-order valence-electron chi connectivity index (χ4n) is 18.8. The molecule has 17 atom stereocenters. The topological polar surface area (TPSA) is 193 Å². The SMILES string of the molecule is C[C@H](CC(=O)C[C@H](C)C(=O)O[C@@H](CC[C@@H](C)[C@H]1C[C@H](O)[C@@]2(C)C3=C(CC[C@]12C)[C@@]1(C)CCC(=O)C(C)(C)[C@@H]1CC3)[C@](C)(O)CO)[C@H]1C[C@@H](O)[C@@]2(C)C3=C(C(=O)C[C@]12C)[C@@]1(C)CCC(=O)C(C)(C)[C@@H]1CC3=O. The van der Waals surface area contributed by atoms with Gasteiger partial charge in [-0.1, -0.05) is 101 Å². The van der Waals surface area contributed by atoms with Crippen LogP contribution in [0.3, 0.4) is 0 Å². The number of hydrogen-bond acceptors (Lipinski definition) is 11. The summed E-state index contributed by atoms with van der Waals surface area (Å²) in [6.45, 7) is 27.6. The molecule has 0 amide bonds. The lowest BCUT2D eigenvalue weighted by atomic mass is 9.42. The molecule has 8 rings (SSSR count). The Morgan fingerprint density at radius 2 is 1.23 bits per heavy atom. The number of fused-ring (bicyclic) bond motifs is 8. The van der Waals surface area contributed by atoms with E-state index in [1.807, 2.05) is 41.5 Å². The van der Waals surface area contributed by atoms with E-state index in [2.05, 4.69) is 41.5 Å². The molecule has 71 heavy (non-hydrogen) atoms. The molecule has 11 nitrogen and oxygen atoms in total. The van der Waals surface area contributed by atoms with Gasteiger partial charge in [-0.25, -0.2) is 0 Å². The van der Waals surface area contributed by atoms with Crippen molar-refractivity contribution in [1.29, 1.82) is 0 Å². The molecule has 0 heterocycles. The second-order valence-corrected chi connectivity index (χ2v) is 28.0. The molecule has 0 aromatic heterocycles. The van der Waals surface area contributed by atoms with Crippen LogP contribution >= 0.6 is 0 Å². The molecule has 4 N–H and O–H groups in total. The Kier molecular flexibility index (Phi) is 13.5. The first-order chi connectivity index (χ1) is 32.7. The summed E-state index contributed by atoms with van der Waals surface area (Å²) in [5.41, 5.74) is -2.23. The van der Waals surface area contributed by atoms with E-state index in [1.165, 1.54) is 18.1 Å². The van der Waals surface area contributed by atoms with Gasteiger partial charge in [0, 0.05) is 76.7 Å². The second kappa shape index (κ2) is 17.6. The highest BCUT2D eigenvalue weighted by molar-refractivity contribution is 6.12. The van der Waals surface area contributed by atoms with Crippen LogP contribution in [0, 0.1) is 84.7 Å². The lowest BCUT2D eigenvalue weighted by Gasteiger charge is -2.61. The minimum atomic E-state index is -1.74. The van der Waals surface area contributed by atoms with Crippen LogP contribution in [0.2, 0.25) is 0 Å². The van der Waals surface area contributed by atoms with Gasteiger partial charge in [0.2, 0.25) is 0 Å². The van der Waals surface area contributed by atoms with Crippen LogP contribution in [0.4, 0.5) is 0 Å². The van der Waals surface area contributed by atoms with Gasteiger partial charge >= 0.3 is 5.97 Å². The smallest absolute Gasteiger partial charge is 0.309 e. The maximum atomic E-state index is 14.5. The van der Waals surface area contributed by atoms with Crippen LogP contribution in [-0.4, -0.2) is 85.8 Å². The Labute approximate surface area is 424 Å². The van der Waals surface area contributed by atoms with Crippen LogP contribution < -0.4 is 0 Å². The lowest BCUT2D eigenvalue weighted by Crippen LogP contribution is -2.59. The fraction of sp³-hybridized carbons (Fsp3) is 0.833. The van der Waals surface area contributed by atoms with Crippen molar-refractivity contribution < 1.29 is 53.9 Å². The Balaban J connectivity index is 0.920. The van der Waals surface area contributed by atoms with E-state index in [4.69, 9.17) is 4.74 Å². The molecule has 4 fully saturated rings. The fourth-order valence-corrected chi connectivity index (χ4v) is 18.8. The molecule has 0 unspecified atom stereocenters. The number of hydrogen-bond donors (Lipinski definition) is 4. The summed E-state index contributed by atoms with van der Waals surface area (Å²) in [5.74, 6) is -1.78. The molecule has 4 saturated carbocycles. The predicted octanol–water partition coefficient (Wildman–Crippen LogP) is 9.62. The van der Waals surface area contributed by atoms with Crippen molar-refractivity contribution >= 4 is 34.9 Å². The normalized spacial score (nSPS) is 43.0. The van der Waals surface area contributed by atoms with Crippen molar-refractivity contribution in [2.75, 3.05) is 6.61 Å². The van der Waals surface area contributed by atoms with Crippen LogP contribution in [0.1, 0.15) is 200 Å². The number of allylic oxidation sites excluding steroid dienone is 2. The van der Waals surface area contributed by atoms with E-state index in [-0.39, 0.29) is 107 Å². The van der Waals surface area contributed by atoms with E-state index in [0.29, 0.717) is 55.5 Å². The lowest BCUT2D eigenvalue weighted by molar-refractivity contribution is -0.174. The highest BCUT2D eigenvalue weighted by Gasteiger charge is 2.71. The molecular formula is C60H90O11. The summed E-state index contributed by atoms with van der Waals surface area (Å²) in [5, 5.41) is 46.0. The first-order valence-corrected chi connectivity index (χ1v) is 27.7. The number of rotatable bonds is 13. The van der Waals surface area contributed by atoms with Gasteiger partial charge in [-0.2, -0.15) is 0 Å². The van der Waals surface area contributed by atoms with Crippen molar-refractivity contribution in [3.63, 3.8) is 0 Å². The zero-order chi connectivity index (χ0) is 52.8. The summed E-state index contributed by atoms with van der Waals surface area (Å²) in [6.07, 6.45) is 5.58. The molecule has 0 aliphatic heterocycles. The minimum Gasteiger partial charge on any atom is -0.459 e. The predicted molar refractivity (Wildman–Crippen MR) is 270 cm³/mol. The summed E-state index contributed by atoms with van der Waals surface area (Å²) in [7, 11) is 0. The van der Waals surface area contributed by atoms with Crippen molar-refractivity contribution in [3.05, 3.63) is 22.3 Å². The molecule has 8 aliphatic carbocycles. The molecule has 8 aliphatic rings. The number of carbonyl (C=O) groups is 6. The Morgan fingerprint density at radius 1 is 0.662 bits per heavy atom. The van der Waals surface area contributed by atoms with Crippen LogP contribution in [0.5, 0.6) is 0 Å². The Hall–Kier alpha value is -2.86. The molecule has 0 saturated heterocycles. The van der Waals surface area contributed by atoms with E-state index in [9.17, 15) is 49.2 Å². The molecule has 396 valence electrons. The van der Waals surface area contributed by atoms with Crippen molar-refractivity contribution in [2.45, 2.75) is 224 Å². The van der Waals surface area contributed by atoms with Crippen LogP contribution in [0.15, 0.2) is 22.3 Å². The van der Waals surface area contributed by atoms with Gasteiger partial charge in [-0.05, 0) is 123 Å². The Bertz CT molecular complexity index is 2340. The largest absolute Gasteiger partial charge is 0.459 e. The van der Waals surface area contributed by atoms with Gasteiger partial charge in [-0.3, -0.25) is 28.8 Å². The average molecular weight is 987 g/mol. The van der Waals surface area contributed by atoms with Gasteiger partial charge in [-0.15, -0.1) is 0 Å². The maximum Gasteiger partial charge on any atom is 0.309 e. The monoisotopic (exact) mass is 987 g/mol. The standard InChI is InChI=1S/C60H90O11/c1-32(38-27-46(67)59(13)37-16-17-42-52(4,5)44(65)20-22-54(42,8)36(37)19-24-56(38,59)10)15-18-48(58(12,70)31-61)71-51(69)34(3)26-35(62)25-33(2)39-28-47(68)60(14)50-40(63)29-43-53(6,7)45(66)21-23-55(43,9)49(50)41(64)30-57(39,60)11/h32-34,38-39,42-43,46-48,61,67-68,70H,15-31H2,1-14H3/t32-,33-,34+,38-,39-,42+,43+,46+,47-,48+,54-,55+,56-,57-,58-,59-,60+/m1/s1. The van der Waals surface area contributed by atoms with E-state index in [0.717, 1.165) is 32.1 Å². The van der Waals surface area contributed by atoms with Gasteiger partial charge in [0.1, 0.15) is 29.1 Å². The zero-order valence-electron chi connectivity index (χ0n) is 45.9. The van der Waals surface area contributed by atoms with E-state index in [1.54, 1.807) is 6.92 Å². The van der Waals surface area contributed by atoms with Crippen molar-refractivity contribution in [1.82, 2.24) is 0 Å². The number of carbonyl (C=O) groups excluding carboxylic acids is 6.